The molecule has 0 fully saturated rings. The number of aromatic amines is 1. The van der Waals surface area contributed by atoms with E-state index in [0.29, 0.717) is 35.5 Å². The number of amides is 1. The Labute approximate surface area is 148 Å². The first-order valence-electron chi connectivity index (χ1n) is 8.36. The van der Waals surface area contributed by atoms with E-state index in [1.54, 1.807) is 45.8 Å². The van der Waals surface area contributed by atoms with Gasteiger partial charge in [-0.15, -0.1) is 0 Å². The van der Waals surface area contributed by atoms with E-state index in [2.05, 4.69) is 9.97 Å². The highest BCUT2D eigenvalue weighted by Crippen LogP contribution is 2.20. The second-order valence-corrected chi connectivity index (χ2v) is 6.38. The first-order chi connectivity index (χ1) is 11.8. The Morgan fingerprint density at radius 2 is 2.00 bits per heavy atom. The van der Waals surface area contributed by atoms with Crippen LogP contribution in [-0.4, -0.2) is 46.4 Å². The third-order valence-electron chi connectivity index (χ3n) is 3.97. The number of carbonyl (C=O) groups is 2. The van der Waals surface area contributed by atoms with E-state index in [4.69, 9.17) is 4.74 Å². The zero-order chi connectivity index (χ0) is 18.6. The minimum absolute atomic E-state index is 0.153. The van der Waals surface area contributed by atoms with Gasteiger partial charge in [-0.05, 0) is 45.4 Å². The van der Waals surface area contributed by atoms with E-state index >= 15 is 0 Å². The van der Waals surface area contributed by atoms with Crippen molar-refractivity contribution in [1.82, 2.24) is 14.9 Å². The van der Waals surface area contributed by atoms with Gasteiger partial charge >= 0.3 is 5.97 Å². The monoisotopic (exact) mass is 343 g/mol. The number of aromatic nitrogens is 2. The molecule has 2 heterocycles. The normalized spacial score (nSPS) is 10.8. The molecule has 1 amide bonds. The van der Waals surface area contributed by atoms with Gasteiger partial charge in [0.2, 0.25) is 0 Å². The van der Waals surface area contributed by atoms with E-state index < -0.39 is 5.97 Å². The molecule has 25 heavy (non-hydrogen) atoms. The zero-order valence-electron chi connectivity index (χ0n) is 15.4. The smallest absolute Gasteiger partial charge is 0.340 e. The second kappa shape index (κ2) is 7.96. The van der Waals surface area contributed by atoms with Crippen LogP contribution in [0.2, 0.25) is 0 Å². The Morgan fingerprint density at radius 3 is 2.60 bits per heavy atom. The van der Waals surface area contributed by atoms with Crippen molar-refractivity contribution in [3.63, 3.8) is 0 Å². The maximum absolute atomic E-state index is 12.7. The first-order valence-corrected chi connectivity index (χ1v) is 8.36. The number of nitrogens with zero attached hydrogens (tertiary/aromatic N) is 2. The number of esters is 1. The molecule has 1 N–H and O–H groups in total. The van der Waals surface area contributed by atoms with Gasteiger partial charge in [-0.25, -0.2) is 4.79 Å². The van der Waals surface area contributed by atoms with E-state index in [9.17, 15) is 9.59 Å². The van der Waals surface area contributed by atoms with Gasteiger partial charge in [-0.3, -0.25) is 9.78 Å². The quantitative estimate of drug-likeness (QED) is 0.818. The van der Waals surface area contributed by atoms with E-state index in [0.717, 1.165) is 5.69 Å². The fraction of sp³-hybridized carbons (Fsp3) is 0.421. The average molecular weight is 343 g/mol. The summed E-state index contributed by atoms with van der Waals surface area (Å²) >= 11 is 0. The predicted octanol–water partition coefficient (Wildman–Crippen LogP) is 2.91. The number of carbonyl (C=O) groups excluding carboxylic acids is 2. The highest BCUT2D eigenvalue weighted by molar-refractivity contribution is 6.00. The summed E-state index contributed by atoms with van der Waals surface area (Å²) in [5, 5.41) is 0. The van der Waals surface area contributed by atoms with Crippen LogP contribution in [0.1, 0.15) is 51.6 Å². The van der Waals surface area contributed by atoms with Crippen molar-refractivity contribution < 1.29 is 14.3 Å². The molecule has 0 saturated heterocycles. The molecular formula is C19H25N3O3. The molecule has 2 rings (SSSR count). The third kappa shape index (κ3) is 4.47. The topological polar surface area (TPSA) is 75.3 Å². The van der Waals surface area contributed by atoms with Crippen molar-refractivity contribution in [2.75, 3.05) is 13.6 Å². The minimum Gasteiger partial charge on any atom is -0.459 e. The third-order valence-corrected chi connectivity index (χ3v) is 3.97. The van der Waals surface area contributed by atoms with Crippen molar-refractivity contribution in [3.05, 3.63) is 52.6 Å². The molecule has 0 bridgehead atoms. The molecular weight excluding hydrogens is 318 g/mol. The number of hydrogen-bond acceptors (Lipinski definition) is 4. The van der Waals surface area contributed by atoms with Crippen LogP contribution in [-0.2, 0) is 11.2 Å². The van der Waals surface area contributed by atoms with Crippen molar-refractivity contribution >= 4 is 11.9 Å². The molecule has 2 aromatic rings. The van der Waals surface area contributed by atoms with E-state index in [1.165, 1.54) is 0 Å². The number of hydrogen-bond donors (Lipinski definition) is 1. The Kier molecular flexibility index (Phi) is 5.96. The maximum Gasteiger partial charge on any atom is 0.340 e. The van der Waals surface area contributed by atoms with Gasteiger partial charge in [0.25, 0.3) is 5.91 Å². The number of rotatable bonds is 6. The molecule has 0 aromatic carbocycles. The van der Waals surface area contributed by atoms with E-state index in [1.807, 2.05) is 18.2 Å². The highest BCUT2D eigenvalue weighted by Gasteiger charge is 2.25. The molecule has 0 spiro atoms. The molecule has 6 heteroatoms. The fourth-order valence-corrected chi connectivity index (χ4v) is 2.66. The summed E-state index contributed by atoms with van der Waals surface area (Å²) in [4.78, 5) is 33.9. The van der Waals surface area contributed by atoms with Crippen LogP contribution in [0.25, 0.3) is 0 Å². The van der Waals surface area contributed by atoms with Gasteiger partial charge < -0.3 is 14.6 Å². The molecule has 0 radical (unpaired) electrons. The van der Waals surface area contributed by atoms with Crippen molar-refractivity contribution in [2.45, 2.75) is 40.2 Å². The lowest BCUT2D eigenvalue weighted by atomic mass is 10.1. The van der Waals surface area contributed by atoms with Crippen LogP contribution in [0.15, 0.2) is 24.4 Å². The first kappa shape index (κ1) is 18.7. The number of likely N-dealkylation sites (N-methyl/N-ethyl adjacent to an activating group) is 1. The van der Waals surface area contributed by atoms with Crippen molar-refractivity contribution in [1.29, 1.82) is 0 Å². The molecule has 0 aliphatic rings. The zero-order valence-corrected chi connectivity index (χ0v) is 15.4. The summed E-state index contributed by atoms with van der Waals surface area (Å²) in [6.07, 6.45) is 2.20. The Balaban J connectivity index is 2.12. The Morgan fingerprint density at radius 1 is 1.28 bits per heavy atom. The highest BCUT2D eigenvalue weighted by atomic mass is 16.5. The predicted molar refractivity (Wildman–Crippen MR) is 95.7 cm³/mol. The van der Waals surface area contributed by atoms with Crippen molar-refractivity contribution in [3.8, 4) is 0 Å². The minimum atomic E-state index is -0.406. The van der Waals surface area contributed by atoms with Gasteiger partial charge in [0.15, 0.2) is 0 Å². The number of pyridine rings is 1. The molecule has 0 aliphatic heterocycles. The fourth-order valence-electron chi connectivity index (χ4n) is 2.66. The van der Waals surface area contributed by atoms with Gasteiger partial charge in [-0.1, -0.05) is 6.07 Å². The molecule has 0 aliphatic carbocycles. The standard InChI is InChI=1S/C19H25N3O3/c1-12(2)25-19(24)16-13(3)17(21-14(16)4)18(23)22(5)11-9-15-8-6-7-10-20-15/h6-8,10,12,21H,9,11H2,1-5H3. The van der Waals surface area contributed by atoms with Crippen LogP contribution in [0.3, 0.4) is 0 Å². The molecule has 0 saturated carbocycles. The summed E-state index contributed by atoms with van der Waals surface area (Å²) in [6.45, 7) is 7.67. The summed E-state index contributed by atoms with van der Waals surface area (Å²) < 4.78 is 5.26. The summed E-state index contributed by atoms with van der Waals surface area (Å²) in [7, 11) is 1.74. The van der Waals surface area contributed by atoms with Crippen LogP contribution in [0.5, 0.6) is 0 Å². The van der Waals surface area contributed by atoms with Gasteiger partial charge in [0.1, 0.15) is 5.69 Å². The van der Waals surface area contributed by atoms with Gasteiger partial charge in [-0.2, -0.15) is 0 Å². The lowest BCUT2D eigenvalue weighted by Gasteiger charge is -2.16. The van der Waals surface area contributed by atoms with E-state index in [-0.39, 0.29) is 12.0 Å². The van der Waals surface area contributed by atoms with Crippen LogP contribution >= 0.6 is 0 Å². The summed E-state index contributed by atoms with van der Waals surface area (Å²) in [5.74, 6) is -0.559. The second-order valence-electron chi connectivity index (χ2n) is 6.38. The average Bonchev–Trinajstić information content (AvgIpc) is 2.86. The summed E-state index contributed by atoms with van der Waals surface area (Å²) in [5.41, 5.74) is 3.07. The molecule has 2 aromatic heterocycles. The molecule has 6 nitrogen and oxygen atoms in total. The molecule has 134 valence electrons. The summed E-state index contributed by atoms with van der Waals surface area (Å²) in [6, 6.07) is 5.72. The number of ether oxygens (including phenoxy) is 1. The SMILES string of the molecule is Cc1[nH]c(C(=O)N(C)CCc2ccccn2)c(C)c1C(=O)OC(C)C. The Bertz CT molecular complexity index is 751. The van der Waals surface area contributed by atoms with Gasteiger partial charge in [0.05, 0.1) is 11.7 Å². The van der Waals surface area contributed by atoms with Crippen LogP contribution in [0, 0.1) is 13.8 Å². The lowest BCUT2D eigenvalue weighted by molar-refractivity contribution is 0.0376. The van der Waals surface area contributed by atoms with Gasteiger partial charge in [0, 0.05) is 37.6 Å². The molecule has 0 unspecified atom stereocenters. The largest absolute Gasteiger partial charge is 0.459 e. The lowest BCUT2D eigenvalue weighted by Crippen LogP contribution is -2.29. The van der Waals surface area contributed by atoms with Crippen LogP contribution < -0.4 is 0 Å². The van der Waals surface area contributed by atoms with Crippen LogP contribution in [0.4, 0.5) is 0 Å². The Hall–Kier alpha value is -2.63. The van der Waals surface area contributed by atoms with Crippen molar-refractivity contribution in [2.24, 2.45) is 0 Å². The maximum atomic E-state index is 12.7. The molecule has 0 atom stereocenters. The number of H-pyrrole nitrogens is 1. The number of aryl methyl sites for hydroxylation is 1. The number of nitrogens with one attached hydrogen (secondary N) is 1.